The Bertz CT molecular complexity index is 536. The van der Waals surface area contributed by atoms with E-state index in [1.54, 1.807) is 24.5 Å². The van der Waals surface area contributed by atoms with Crippen molar-refractivity contribution in [3.05, 3.63) is 66.0 Å². The van der Waals surface area contributed by atoms with E-state index in [0.717, 1.165) is 18.4 Å². The summed E-state index contributed by atoms with van der Waals surface area (Å²) in [5, 5.41) is 24.6. The largest absolute Gasteiger partial charge is 0.854 e. The summed E-state index contributed by atoms with van der Waals surface area (Å²) in [6, 6.07) is 12.8. The molecule has 1 aromatic heterocycles. The van der Waals surface area contributed by atoms with Crippen LogP contribution in [-0.4, -0.2) is 17.6 Å². The molecule has 0 saturated carbocycles. The third kappa shape index (κ3) is 3.89. The van der Waals surface area contributed by atoms with Crippen molar-refractivity contribution in [2.45, 2.75) is 12.8 Å². The highest BCUT2D eigenvalue weighted by molar-refractivity contribution is 5.89. The molecule has 0 unspecified atom stereocenters. The topological polar surface area (TPSA) is 59.5 Å². The lowest BCUT2D eigenvalue weighted by molar-refractivity contribution is -0.681. The summed E-state index contributed by atoms with van der Waals surface area (Å²) >= 11 is 0. The van der Waals surface area contributed by atoms with Crippen LogP contribution >= 0.6 is 0 Å². The smallest absolute Gasteiger partial charge is 0.202 e. The first kappa shape index (κ1) is 13.2. The zero-order valence-electron chi connectivity index (χ0n) is 10.6. The Morgan fingerprint density at radius 2 is 1.79 bits per heavy atom. The Morgan fingerprint density at radius 3 is 2.42 bits per heavy atom. The molecule has 0 fully saturated rings. The molecule has 0 radical (unpaired) electrons. The zero-order valence-corrected chi connectivity index (χ0v) is 10.6. The molecule has 0 spiro atoms. The molecule has 4 nitrogen and oxygen atoms in total. The van der Waals surface area contributed by atoms with E-state index in [9.17, 15) is 5.11 Å². The number of rotatable bonds is 5. The Kier molecular flexibility index (Phi) is 4.64. The molecule has 4 heteroatoms. The maximum absolute atomic E-state index is 11.9. The van der Waals surface area contributed by atoms with E-state index in [-0.39, 0.29) is 12.5 Å². The van der Waals surface area contributed by atoms with Crippen LogP contribution in [0.5, 0.6) is 0 Å². The predicted octanol–water partition coefficient (Wildman–Crippen LogP) is 0.469. The van der Waals surface area contributed by atoms with Gasteiger partial charge in [0.1, 0.15) is 0 Å². The van der Waals surface area contributed by atoms with E-state index >= 15 is 0 Å². The second-order valence-corrected chi connectivity index (χ2v) is 4.18. The van der Waals surface area contributed by atoms with E-state index in [2.05, 4.69) is 5.10 Å². The number of benzene rings is 1. The van der Waals surface area contributed by atoms with Crippen LogP contribution in [0.4, 0.5) is 0 Å². The fourth-order valence-corrected chi connectivity index (χ4v) is 1.71. The van der Waals surface area contributed by atoms with Gasteiger partial charge >= 0.3 is 0 Å². The first-order valence-corrected chi connectivity index (χ1v) is 6.22. The van der Waals surface area contributed by atoms with Crippen LogP contribution in [0.3, 0.4) is 0 Å². The van der Waals surface area contributed by atoms with Crippen LogP contribution < -0.4 is 9.78 Å². The molecule has 0 atom stereocenters. The molecule has 2 aromatic rings. The van der Waals surface area contributed by atoms with E-state index in [1.807, 2.05) is 30.3 Å². The van der Waals surface area contributed by atoms with Gasteiger partial charge in [-0.3, -0.25) is 0 Å². The summed E-state index contributed by atoms with van der Waals surface area (Å²) in [5.41, 5.74) is 1.69. The van der Waals surface area contributed by atoms with E-state index < -0.39 is 0 Å². The predicted molar refractivity (Wildman–Crippen MR) is 70.4 cm³/mol. The van der Waals surface area contributed by atoms with Crippen molar-refractivity contribution in [3.8, 4) is 0 Å². The third-order valence-corrected chi connectivity index (χ3v) is 2.73. The van der Waals surface area contributed by atoms with Crippen molar-refractivity contribution in [1.82, 2.24) is 0 Å². The summed E-state index contributed by atoms with van der Waals surface area (Å²) in [7, 11) is 0. The number of aromatic nitrogens is 1. The Morgan fingerprint density at radius 1 is 1.11 bits per heavy atom. The molecule has 1 heterocycles. The number of aryl methyl sites for hydroxylation is 1. The first-order valence-electron chi connectivity index (χ1n) is 6.22. The van der Waals surface area contributed by atoms with Crippen LogP contribution in [0.1, 0.15) is 17.5 Å². The van der Waals surface area contributed by atoms with Gasteiger partial charge in [-0.1, -0.05) is 35.0 Å². The second kappa shape index (κ2) is 6.66. The summed E-state index contributed by atoms with van der Waals surface area (Å²) in [4.78, 5) is 0. The molecule has 0 amide bonds. The van der Waals surface area contributed by atoms with Crippen LogP contribution in [0, 0.1) is 0 Å². The van der Waals surface area contributed by atoms with Gasteiger partial charge in [0, 0.05) is 18.7 Å². The van der Waals surface area contributed by atoms with Gasteiger partial charge < -0.3 is 10.2 Å². The van der Waals surface area contributed by atoms with Gasteiger partial charge in [0.25, 0.3) is 0 Å². The summed E-state index contributed by atoms with van der Waals surface area (Å²) in [6.07, 6.45) is 5.05. The molecule has 0 bridgehead atoms. The second-order valence-electron chi connectivity index (χ2n) is 4.18. The van der Waals surface area contributed by atoms with Crippen LogP contribution in [0.15, 0.2) is 60.0 Å². The average molecular weight is 256 g/mol. The van der Waals surface area contributed by atoms with Gasteiger partial charge in [0.15, 0.2) is 0 Å². The summed E-state index contributed by atoms with van der Waals surface area (Å²) in [5.74, 6) is -0.270. The van der Waals surface area contributed by atoms with E-state index in [4.69, 9.17) is 5.11 Å². The molecule has 2 rings (SSSR count). The minimum Gasteiger partial charge on any atom is -0.854 e. The molecule has 0 aliphatic heterocycles. The average Bonchev–Trinajstić information content (AvgIpc) is 2.47. The van der Waals surface area contributed by atoms with Crippen molar-refractivity contribution in [2.75, 3.05) is 6.61 Å². The van der Waals surface area contributed by atoms with Crippen molar-refractivity contribution >= 4 is 5.90 Å². The van der Waals surface area contributed by atoms with Crippen molar-refractivity contribution in [3.63, 3.8) is 0 Å². The van der Waals surface area contributed by atoms with Gasteiger partial charge in [0.2, 0.25) is 12.4 Å². The number of aliphatic hydroxyl groups excluding tert-OH is 1. The molecule has 1 aromatic carbocycles. The monoisotopic (exact) mass is 256 g/mol. The minimum atomic E-state index is -0.270. The van der Waals surface area contributed by atoms with Crippen molar-refractivity contribution < 1.29 is 14.9 Å². The number of aliphatic hydroxyl groups is 1. The summed E-state index contributed by atoms with van der Waals surface area (Å²) in [6.45, 7) is 0.186. The molecule has 98 valence electrons. The highest BCUT2D eigenvalue weighted by atomic mass is 16.3. The lowest BCUT2D eigenvalue weighted by Crippen LogP contribution is -2.33. The summed E-state index contributed by atoms with van der Waals surface area (Å²) < 4.78 is 1.50. The standard InChI is InChI=1S/C15H16N2O2/c18-12-4-5-13-8-10-17(11-9-13)16-15(19)14-6-2-1-3-7-14/h1-3,6-11,18H,4-5,12H2. The minimum absolute atomic E-state index is 0.186. The maximum atomic E-state index is 11.9. The Labute approximate surface area is 112 Å². The lowest BCUT2D eigenvalue weighted by atomic mass is 10.1. The number of hydrogen-bond donors (Lipinski definition) is 1. The molecular weight excluding hydrogens is 240 g/mol. The van der Waals surface area contributed by atoms with Crippen molar-refractivity contribution in [1.29, 1.82) is 0 Å². The van der Waals surface area contributed by atoms with Gasteiger partial charge in [0.05, 0.1) is 5.90 Å². The number of nitrogens with zero attached hydrogens (tertiary/aromatic N) is 2. The Balaban J connectivity index is 2.10. The number of pyridine rings is 1. The zero-order chi connectivity index (χ0) is 13.5. The normalized spacial score (nSPS) is 11.5. The molecule has 0 saturated heterocycles. The van der Waals surface area contributed by atoms with E-state index in [0.29, 0.717) is 5.56 Å². The number of hydrogen-bond acceptors (Lipinski definition) is 3. The van der Waals surface area contributed by atoms with Gasteiger partial charge in [-0.25, -0.2) is 0 Å². The molecule has 0 aliphatic rings. The quantitative estimate of drug-likeness (QED) is 0.480. The fraction of sp³-hybridized carbons (Fsp3) is 0.200. The van der Waals surface area contributed by atoms with E-state index in [1.165, 1.54) is 4.68 Å². The first-order chi connectivity index (χ1) is 9.29. The highest BCUT2D eigenvalue weighted by Gasteiger charge is 2.00. The highest BCUT2D eigenvalue weighted by Crippen LogP contribution is 2.00. The van der Waals surface area contributed by atoms with Gasteiger partial charge in [-0.05, 0) is 29.1 Å². The molecule has 19 heavy (non-hydrogen) atoms. The van der Waals surface area contributed by atoms with Gasteiger partial charge in [-0.2, -0.15) is 0 Å². The van der Waals surface area contributed by atoms with Crippen molar-refractivity contribution in [2.24, 2.45) is 5.10 Å². The molecular formula is C15H16N2O2. The van der Waals surface area contributed by atoms with Crippen LogP contribution in [0.2, 0.25) is 0 Å². The third-order valence-electron chi connectivity index (χ3n) is 2.73. The SMILES string of the molecule is [O-]/C(=N\[n+]1ccc(CCCO)cc1)c1ccccc1. The van der Waals surface area contributed by atoms with Gasteiger partial charge in [-0.15, -0.1) is 0 Å². The molecule has 1 N–H and O–H groups in total. The Hall–Kier alpha value is -2.20. The molecule has 0 aliphatic carbocycles. The lowest BCUT2D eigenvalue weighted by Gasteiger charge is -2.05. The fourth-order valence-electron chi connectivity index (χ4n) is 1.71. The maximum Gasteiger partial charge on any atom is 0.202 e. The van der Waals surface area contributed by atoms with Crippen LogP contribution in [-0.2, 0) is 6.42 Å². The van der Waals surface area contributed by atoms with Crippen LogP contribution in [0.25, 0.3) is 0 Å².